The number of thiazole rings is 1. The molecule has 1 aliphatic carbocycles. The van der Waals surface area contributed by atoms with Crippen molar-refractivity contribution in [3.8, 4) is 0 Å². The van der Waals surface area contributed by atoms with E-state index < -0.39 is 0 Å². The van der Waals surface area contributed by atoms with E-state index in [1.165, 1.54) is 18.5 Å². The molecule has 20 heavy (non-hydrogen) atoms. The summed E-state index contributed by atoms with van der Waals surface area (Å²) in [6.45, 7) is 7.33. The molecule has 1 aliphatic rings. The first-order valence-electron chi connectivity index (χ1n) is 7.82. The molecule has 1 heterocycles. The van der Waals surface area contributed by atoms with Crippen LogP contribution in [0.1, 0.15) is 50.2 Å². The molecule has 1 unspecified atom stereocenters. The van der Waals surface area contributed by atoms with E-state index >= 15 is 0 Å². The molecule has 114 valence electrons. The van der Waals surface area contributed by atoms with Crippen molar-refractivity contribution in [2.75, 3.05) is 13.7 Å². The van der Waals surface area contributed by atoms with Crippen LogP contribution in [0, 0.1) is 12.8 Å². The molecule has 1 saturated carbocycles. The lowest BCUT2D eigenvalue weighted by Crippen LogP contribution is -2.54. The second kappa shape index (κ2) is 7.01. The predicted molar refractivity (Wildman–Crippen MR) is 85.4 cm³/mol. The number of nitrogens with one attached hydrogen (secondary N) is 1. The zero-order chi connectivity index (χ0) is 14.6. The third kappa shape index (κ3) is 3.60. The standard InChI is InChI=1S/C16H28N2OS/c1-5-19-16(8-6-12(2)7-9-16)15(17-4)10-14-11-20-13(3)18-14/h11-12,15,17H,5-10H2,1-4H3. The highest BCUT2D eigenvalue weighted by molar-refractivity contribution is 7.09. The fourth-order valence-corrected chi connectivity index (χ4v) is 4.02. The van der Waals surface area contributed by atoms with Crippen molar-refractivity contribution in [3.63, 3.8) is 0 Å². The first-order chi connectivity index (χ1) is 9.59. The topological polar surface area (TPSA) is 34.1 Å². The highest BCUT2D eigenvalue weighted by Crippen LogP contribution is 2.38. The van der Waals surface area contributed by atoms with Crippen molar-refractivity contribution < 1.29 is 4.74 Å². The fourth-order valence-electron chi connectivity index (χ4n) is 3.39. The molecule has 4 heteroatoms. The molecule has 1 atom stereocenters. The predicted octanol–water partition coefficient (Wildman–Crippen LogP) is 3.57. The largest absolute Gasteiger partial charge is 0.374 e. The summed E-state index contributed by atoms with van der Waals surface area (Å²) in [6, 6.07) is 0.358. The van der Waals surface area contributed by atoms with Crippen LogP contribution in [0.4, 0.5) is 0 Å². The van der Waals surface area contributed by atoms with E-state index in [2.05, 4.69) is 43.5 Å². The maximum atomic E-state index is 6.26. The van der Waals surface area contributed by atoms with Crippen LogP contribution in [0.3, 0.4) is 0 Å². The van der Waals surface area contributed by atoms with Crippen molar-refractivity contribution in [3.05, 3.63) is 16.1 Å². The first kappa shape index (κ1) is 15.9. The van der Waals surface area contributed by atoms with Crippen molar-refractivity contribution in [2.24, 2.45) is 5.92 Å². The van der Waals surface area contributed by atoms with Crippen LogP contribution in [-0.4, -0.2) is 30.3 Å². The van der Waals surface area contributed by atoms with Gasteiger partial charge in [-0.25, -0.2) is 4.98 Å². The molecule has 2 rings (SSSR count). The number of aryl methyl sites for hydroxylation is 1. The Kier molecular flexibility index (Phi) is 5.58. The molecule has 0 aromatic carbocycles. The molecule has 0 bridgehead atoms. The Morgan fingerprint density at radius 2 is 2.20 bits per heavy atom. The quantitative estimate of drug-likeness (QED) is 0.871. The van der Waals surface area contributed by atoms with Gasteiger partial charge in [0.1, 0.15) is 0 Å². The highest BCUT2D eigenvalue weighted by atomic mass is 32.1. The van der Waals surface area contributed by atoms with E-state index in [0.29, 0.717) is 6.04 Å². The lowest BCUT2D eigenvalue weighted by atomic mass is 9.74. The SMILES string of the molecule is CCOC1(C(Cc2csc(C)n2)NC)CCC(C)CC1. The molecule has 0 radical (unpaired) electrons. The maximum Gasteiger partial charge on any atom is 0.0897 e. The smallest absolute Gasteiger partial charge is 0.0897 e. The molecule has 1 fully saturated rings. The number of hydrogen-bond donors (Lipinski definition) is 1. The zero-order valence-corrected chi connectivity index (χ0v) is 14.1. The van der Waals surface area contributed by atoms with Crippen molar-refractivity contribution in [2.45, 2.75) is 64.5 Å². The van der Waals surface area contributed by atoms with Gasteiger partial charge in [-0.3, -0.25) is 0 Å². The summed E-state index contributed by atoms with van der Waals surface area (Å²) in [5.41, 5.74) is 1.19. The molecule has 0 aliphatic heterocycles. The number of hydrogen-bond acceptors (Lipinski definition) is 4. The third-order valence-corrected chi connectivity index (χ3v) is 5.44. The Bertz CT molecular complexity index is 410. The Morgan fingerprint density at radius 1 is 1.50 bits per heavy atom. The van der Waals surface area contributed by atoms with E-state index in [-0.39, 0.29) is 5.60 Å². The molecule has 1 aromatic rings. The number of rotatable bonds is 6. The minimum atomic E-state index is -0.00642. The molecule has 1 N–H and O–H groups in total. The van der Waals surface area contributed by atoms with Crippen molar-refractivity contribution >= 4 is 11.3 Å². The first-order valence-corrected chi connectivity index (χ1v) is 8.70. The van der Waals surface area contributed by atoms with Crippen LogP contribution in [-0.2, 0) is 11.2 Å². The van der Waals surface area contributed by atoms with Gasteiger partial charge in [-0.15, -0.1) is 11.3 Å². The summed E-state index contributed by atoms with van der Waals surface area (Å²) in [6.07, 6.45) is 5.84. The summed E-state index contributed by atoms with van der Waals surface area (Å²) >= 11 is 1.74. The summed E-state index contributed by atoms with van der Waals surface area (Å²) in [4.78, 5) is 4.62. The average Bonchev–Trinajstić information content (AvgIpc) is 2.85. The monoisotopic (exact) mass is 296 g/mol. The Balaban J connectivity index is 2.12. The molecule has 0 saturated heterocycles. The zero-order valence-electron chi connectivity index (χ0n) is 13.2. The molecule has 3 nitrogen and oxygen atoms in total. The number of aromatic nitrogens is 1. The lowest BCUT2D eigenvalue weighted by molar-refractivity contribution is -0.0948. The van der Waals surface area contributed by atoms with Crippen LogP contribution in [0.15, 0.2) is 5.38 Å². The van der Waals surface area contributed by atoms with Crippen LogP contribution >= 0.6 is 11.3 Å². The maximum absolute atomic E-state index is 6.26. The van der Waals surface area contributed by atoms with Gasteiger partial charge in [0.15, 0.2) is 0 Å². The van der Waals surface area contributed by atoms with Crippen LogP contribution in [0.25, 0.3) is 0 Å². The van der Waals surface area contributed by atoms with Gasteiger partial charge in [0, 0.05) is 24.4 Å². The molecular weight excluding hydrogens is 268 g/mol. The minimum Gasteiger partial charge on any atom is -0.374 e. The number of likely N-dealkylation sites (N-methyl/N-ethyl adjacent to an activating group) is 1. The van der Waals surface area contributed by atoms with Crippen LogP contribution < -0.4 is 5.32 Å². The lowest BCUT2D eigenvalue weighted by Gasteiger charge is -2.44. The molecular formula is C16H28N2OS. The van der Waals surface area contributed by atoms with Gasteiger partial charge in [0.25, 0.3) is 0 Å². The van der Waals surface area contributed by atoms with Gasteiger partial charge in [0.05, 0.1) is 16.3 Å². The van der Waals surface area contributed by atoms with Gasteiger partial charge < -0.3 is 10.1 Å². The van der Waals surface area contributed by atoms with E-state index in [9.17, 15) is 0 Å². The van der Waals surface area contributed by atoms with E-state index in [1.54, 1.807) is 11.3 Å². The summed E-state index contributed by atoms with van der Waals surface area (Å²) < 4.78 is 6.26. The van der Waals surface area contributed by atoms with Gasteiger partial charge in [-0.1, -0.05) is 6.92 Å². The third-order valence-electron chi connectivity index (χ3n) is 4.62. The normalized spacial score (nSPS) is 28.5. The molecule has 1 aromatic heterocycles. The summed E-state index contributed by atoms with van der Waals surface area (Å²) in [7, 11) is 2.06. The second-order valence-corrected chi connectivity index (χ2v) is 7.15. The van der Waals surface area contributed by atoms with Gasteiger partial charge >= 0.3 is 0 Å². The minimum absolute atomic E-state index is 0.00642. The number of nitrogens with zero attached hydrogens (tertiary/aromatic N) is 1. The fraction of sp³-hybridized carbons (Fsp3) is 0.812. The highest BCUT2D eigenvalue weighted by Gasteiger charge is 2.41. The number of ether oxygens (including phenoxy) is 1. The van der Waals surface area contributed by atoms with Gasteiger partial charge in [0.2, 0.25) is 0 Å². The van der Waals surface area contributed by atoms with E-state index in [1.807, 2.05) is 0 Å². The van der Waals surface area contributed by atoms with Gasteiger partial charge in [-0.05, 0) is 52.5 Å². The molecule has 0 spiro atoms. The van der Waals surface area contributed by atoms with Gasteiger partial charge in [-0.2, -0.15) is 0 Å². The van der Waals surface area contributed by atoms with Crippen LogP contribution in [0.5, 0.6) is 0 Å². The van der Waals surface area contributed by atoms with E-state index in [4.69, 9.17) is 4.74 Å². The summed E-state index contributed by atoms with van der Waals surface area (Å²) in [5.74, 6) is 0.836. The Hall–Kier alpha value is -0.450. The Labute approximate surface area is 127 Å². The summed E-state index contributed by atoms with van der Waals surface area (Å²) in [5, 5.41) is 6.85. The van der Waals surface area contributed by atoms with Crippen molar-refractivity contribution in [1.82, 2.24) is 10.3 Å². The Morgan fingerprint density at radius 3 is 2.70 bits per heavy atom. The molecule has 0 amide bonds. The average molecular weight is 296 g/mol. The van der Waals surface area contributed by atoms with Crippen LogP contribution in [0.2, 0.25) is 0 Å². The second-order valence-electron chi connectivity index (χ2n) is 6.08. The van der Waals surface area contributed by atoms with Crippen molar-refractivity contribution in [1.29, 1.82) is 0 Å². The van der Waals surface area contributed by atoms with E-state index in [0.717, 1.165) is 36.8 Å².